The minimum atomic E-state index is -3.90. The molecule has 3 heterocycles. The van der Waals surface area contributed by atoms with Crippen molar-refractivity contribution >= 4 is 33.1 Å². The predicted molar refractivity (Wildman–Crippen MR) is 119 cm³/mol. The highest BCUT2D eigenvalue weighted by molar-refractivity contribution is 7.91. The Bertz CT molecular complexity index is 1280. The van der Waals surface area contributed by atoms with Gasteiger partial charge in [0, 0.05) is 47.1 Å². The molecule has 166 valence electrons. The summed E-state index contributed by atoms with van der Waals surface area (Å²) in [4.78, 5) is 19.0. The Morgan fingerprint density at radius 2 is 2.12 bits per heavy atom. The molecule has 32 heavy (non-hydrogen) atoms. The smallest absolute Gasteiger partial charge is 0.250 e. The Balaban J connectivity index is 1.46. The van der Waals surface area contributed by atoms with Crippen LogP contribution >= 0.6 is 11.3 Å². The van der Waals surface area contributed by atoms with E-state index >= 15 is 0 Å². The fourth-order valence-corrected chi connectivity index (χ4v) is 5.98. The number of rotatable bonds is 7. The van der Waals surface area contributed by atoms with Crippen molar-refractivity contribution in [2.75, 3.05) is 6.54 Å². The van der Waals surface area contributed by atoms with Gasteiger partial charge in [-0.15, -0.1) is 11.3 Å². The lowest BCUT2D eigenvalue weighted by atomic mass is 10.1. The number of nitrogens with two attached hydrogens (primary N) is 1. The summed E-state index contributed by atoms with van der Waals surface area (Å²) < 4.78 is 42.4. The number of nitrogen functional groups attached to an aromatic ring is 1. The first-order chi connectivity index (χ1) is 15.2. The molecule has 1 fully saturated rings. The lowest BCUT2D eigenvalue weighted by molar-refractivity contribution is -0.129. The number of halogens is 1. The number of hydrogen-bond acceptors (Lipinski definition) is 6. The Hall–Kier alpha value is -3.15. The van der Waals surface area contributed by atoms with Crippen LogP contribution in [0.1, 0.15) is 17.5 Å². The fourth-order valence-electron chi connectivity index (χ4n) is 3.45. The van der Waals surface area contributed by atoms with E-state index in [2.05, 4.69) is 9.71 Å². The van der Waals surface area contributed by atoms with E-state index in [0.717, 1.165) is 21.8 Å². The molecular weight excluding hydrogens is 453 g/mol. The van der Waals surface area contributed by atoms with E-state index in [1.54, 1.807) is 24.5 Å². The van der Waals surface area contributed by atoms with E-state index in [-0.39, 0.29) is 35.1 Å². The topological polar surface area (TPSA) is 129 Å². The summed E-state index contributed by atoms with van der Waals surface area (Å²) in [5, 5.41) is 7.49. The van der Waals surface area contributed by atoms with E-state index in [1.165, 1.54) is 29.2 Å². The van der Waals surface area contributed by atoms with Gasteiger partial charge in [0.1, 0.15) is 21.9 Å². The number of likely N-dealkylation sites (tertiary alicyclic amines) is 1. The van der Waals surface area contributed by atoms with Crippen molar-refractivity contribution in [3.63, 3.8) is 0 Å². The average molecular weight is 474 g/mol. The highest BCUT2D eigenvalue weighted by Gasteiger charge is 2.35. The van der Waals surface area contributed by atoms with Crippen molar-refractivity contribution in [1.29, 1.82) is 5.41 Å². The van der Waals surface area contributed by atoms with Crippen LogP contribution in [0.4, 0.5) is 4.39 Å². The Kier molecular flexibility index (Phi) is 6.04. The zero-order valence-electron chi connectivity index (χ0n) is 16.8. The molecule has 0 bridgehead atoms. The van der Waals surface area contributed by atoms with Gasteiger partial charge >= 0.3 is 0 Å². The molecular formula is C21H20FN5O3S2. The van der Waals surface area contributed by atoms with Crippen LogP contribution in [0.3, 0.4) is 0 Å². The summed E-state index contributed by atoms with van der Waals surface area (Å²) in [6.07, 6.45) is 3.55. The summed E-state index contributed by atoms with van der Waals surface area (Å²) in [6.45, 7) is 0.245. The van der Waals surface area contributed by atoms with Crippen LogP contribution in [-0.4, -0.2) is 42.6 Å². The minimum Gasteiger partial charge on any atom is -0.384 e. The molecule has 0 aliphatic carbocycles. The monoisotopic (exact) mass is 473 g/mol. The summed E-state index contributed by atoms with van der Waals surface area (Å²) in [5.41, 5.74) is 6.83. The number of amides is 1. The van der Waals surface area contributed by atoms with Gasteiger partial charge in [-0.1, -0.05) is 6.07 Å². The molecule has 4 N–H and O–H groups in total. The van der Waals surface area contributed by atoms with Crippen LogP contribution in [0.2, 0.25) is 0 Å². The number of nitrogens with one attached hydrogen (secondary N) is 2. The van der Waals surface area contributed by atoms with E-state index < -0.39 is 27.8 Å². The van der Waals surface area contributed by atoms with Crippen molar-refractivity contribution in [2.45, 2.75) is 23.2 Å². The van der Waals surface area contributed by atoms with Gasteiger partial charge in [0.2, 0.25) is 5.91 Å². The Morgan fingerprint density at radius 3 is 2.84 bits per heavy atom. The standard InChI is InChI=1S/C21H20FN5O3S2/c22-16-4-3-13(20(23)24)10-15(16)12-27-9-7-17(21(27)28)26-32(29,30)19-6-5-18(31-19)14-2-1-8-25-11-14/h1-6,8,10-11,17,26H,7,9,12H2,(H3,23,24)/t17-/m0/s1. The fraction of sp³-hybridized carbons (Fsp3) is 0.190. The molecule has 3 aromatic rings. The minimum absolute atomic E-state index is 0.0336. The maximum Gasteiger partial charge on any atom is 0.250 e. The van der Waals surface area contributed by atoms with Gasteiger partial charge in [0.25, 0.3) is 10.0 Å². The third-order valence-electron chi connectivity index (χ3n) is 5.11. The van der Waals surface area contributed by atoms with Gasteiger partial charge in [0.05, 0.1) is 0 Å². The number of pyridine rings is 1. The van der Waals surface area contributed by atoms with E-state index in [4.69, 9.17) is 11.1 Å². The second-order valence-electron chi connectivity index (χ2n) is 7.30. The van der Waals surface area contributed by atoms with Gasteiger partial charge in [-0.25, -0.2) is 12.8 Å². The van der Waals surface area contributed by atoms with Crippen LogP contribution in [0.25, 0.3) is 10.4 Å². The van der Waals surface area contributed by atoms with Crippen molar-refractivity contribution in [1.82, 2.24) is 14.6 Å². The van der Waals surface area contributed by atoms with Crippen molar-refractivity contribution < 1.29 is 17.6 Å². The molecule has 0 saturated carbocycles. The number of benzene rings is 1. The third kappa shape index (κ3) is 4.54. The largest absolute Gasteiger partial charge is 0.384 e. The molecule has 1 aliphatic heterocycles. The summed E-state index contributed by atoms with van der Waals surface area (Å²) >= 11 is 1.09. The molecule has 0 spiro atoms. The highest BCUT2D eigenvalue weighted by atomic mass is 32.2. The first-order valence-corrected chi connectivity index (χ1v) is 12.0. The van der Waals surface area contributed by atoms with Crippen molar-refractivity contribution in [3.8, 4) is 10.4 Å². The molecule has 0 radical (unpaired) electrons. The number of thiophene rings is 1. The molecule has 0 unspecified atom stereocenters. The second-order valence-corrected chi connectivity index (χ2v) is 10.3. The molecule has 11 heteroatoms. The Morgan fingerprint density at radius 1 is 1.31 bits per heavy atom. The average Bonchev–Trinajstić information content (AvgIpc) is 3.39. The lowest BCUT2D eigenvalue weighted by Crippen LogP contribution is -2.41. The number of carbonyl (C=O) groups is 1. The number of sulfonamides is 1. The molecule has 2 aromatic heterocycles. The number of nitrogens with zero attached hydrogens (tertiary/aromatic N) is 2. The van der Waals surface area contributed by atoms with Crippen LogP contribution in [0.15, 0.2) is 59.1 Å². The number of hydrogen-bond donors (Lipinski definition) is 3. The molecule has 4 rings (SSSR count). The summed E-state index contributed by atoms with van der Waals surface area (Å²) in [7, 11) is -3.90. The van der Waals surface area contributed by atoms with Gasteiger partial charge in [0.15, 0.2) is 0 Å². The Labute approximate surface area is 188 Å². The molecule has 1 amide bonds. The molecule has 8 nitrogen and oxygen atoms in total. The maximum atomic E-state index is 14.2. The molecule has 1 aromatic carbocycles. The van der Waals surface area contributed by atoms with Crippen LogP contribution < -0.4 is 10.5 Å². The maximum absolute atomic E-state index is 14.2. The number of aromatic nitrogens is 1. The quantitative estimate of drug-likeness (QED) is 0.358. The first kappa shape index (κ1) is 22.1. The van der Waals surface area contributed by atoms with Crippen LogP contribution in [0.5, 0.6) is 0 Å². The second kappa shape index (κ2) is 8.77. The molecule has 1 atom stereocenters. The number of amidine groups is 1. The summed E-state index contributed by atoms with van der Waals surface area (Å²) in [6, 6.07) is 9.88. The lowest BCUT2D eigenvalue weighted by Gasteiger charge is -2.18. The van der Waals surface area contributed by atoms with Crippen LogP contribution in [0, 0.1) is 11.2 Å². The van der Waals surface area contributed by atoms with Gasteiger partial charge < -0.3 is 10.6 Å². The summed E-state index contributed by atoms with van der Waals surface area (Å²) in [5.74, 6) is -1.15. The predicted octanol–water partition coefficient (Wildman–Crippen LogP) is 2.31. The van der Waals surface area contributed by atoms with Gasteiger partial charge in [-0.05, 0) is 42.8 Å². The van der Waals surface area contributed by atoms with E-state index in [9.17, 15) is 17.6 Å². The van der Waals surface area contributed by atoms with Gasteiger partial charge in [-0.3, -0.25) is 15.2 Å². The van der Waals surface area contributed by atoms with Crippen molar-refractivity contribution in [3.05, 3.63) is 71.8 Å². The third-order valence-corrected chi connectivity index (χ3v) is 8.20. The first-order valence-electron chi connectivity index (χ1n) is 9.69. The zero-order valence-corrected chi connectivity index (χ0v) is 18.4. The van der Waals surface area contributed by atoms with Crippen LogP contribution in [-0.2, 0) is 21.4 Å². The molecule has 1 aliphatic rings. The SMILES string of the molecule is N=C(N)c1ccc(F)c(CN2CC[C@H](NS(=O)(=O)c3ccc(-c4cccnc4)s3)C2=O)c1. The van der Waals surface area contributed by atoms with Gasteiger partial charge in [-0.2, -0.15) is 4.72 Å². The normalized spacial score (nSPS) is 16.5. The highest BCUT2D eigenvalue weighted by Crippen LogP contribution is 2.30. The van der Waals surface area contributed by atoms with E-state index in [0.29, 0.717) is 5.56 Å². The van der Waals surface area contributed by atoms with E-state index in [1.807, 2.05) is 6.07 Å². The molecule has 1 saturated heterocycles. The number of carbonyl (C=O) groups excluding carboxylic acids is 1. The van der Waals surface area contributed by atoms with Crippen molar-refractivity contribution in [2.24, 2.45) is 5.73 Å². The zero-order chi connectivity index (χ0) is 22.9.